The van der Waals surface area contributed by atoms with Gasteiger partial charge in [-0.25, -0.2) is 9.78 Å². The lowest BCUT2D eigenvalue weighted by atomic mass is 10.2. The summed E-state index contributed by atoms with van der Waals surface area (Å²) in [6.45, 7) is 2.59. The second kappa shape index (κ2) is 10.3. The number of methoxy groups -OCH3 is 1. The molecule has 7 heteroatoms. The lowest BCUT2D eigenvalue weighted by molar-refractivity contribution is 0.0600. The molecular formula is C23H21N3O3S. The Morgan fingerprint density at radius 2 is 2.00 bits per heavy atom. The highest BCUT2D eigenvalue weighted by Gasteiger charge is 2.08. The van der Waals surface area contributed by atoms with Crippen LogP contribution in [0.15, 0.2) is 72.5 Å². The molecule has 0 fully saturated rings. The molecule has 4 rings (SSSR count). The van der Waals surface area contributed by atoms with Gasteiger partial charge in [0.05, 0.1) is 30.6 Å². The number of pyridine rings is 1. The van der Waals surface area contributed by atoms with Crippen LogP contribution in [0.4, 0.5) is 0 Å². The van der Waals surface area contributed by atoms with Crippen LogP contribution in [-0.4, -0.2) is 33.9 Å². The molecule has 0 saturated heterocycles. The molecule has 0 unspecified atom stereocenters. The fraction of sp³-hybridized carbons (Fsp3) is 0.130. The van der Waals surface area contributed by atoms with Crippen molar-refractivity contribution >= 4 is 23.6 Å². The summed E-state index contributed by atoms with van der Waals surface area (Å²) < 4.78 is 6.42. The van der Waals surface area contributed by atoms with Crippen molar-refractivity contribution in [1.82, 2.24) is 14.5 Å². The van der Waals surface area contributed by atoms with Crippen molar-refractivity contribution in [2.75, 3.05) is 7.11 Å². The maximum atomic E-state index is 11.0. The monoisotopic (exact) mass is 419 g/mol. The molecule has 0 radical (unpaired) electrons. The van der Waals surface area contributed by atoms with E-state index in [-0.39, 0.29) is 5.97 Å². The largest absolute Gasteiger partial charge is 0.465 e. The number of aryl methyl sites for hydroxylation is 1. The van der Waals surface area contributed by atoms with Crippen LogP contribution in [0.3, 0.4) is 0 Å². The van der Waals surface area contributed by atoms with Crippen LogP contribution in [0.1, 0.15) is 32.1 Å². The first kappa shape index (κ1) is 21.1. The molecule has 3 heterocycles. The van der Waals surface area contributed by atoms with Crippen molar-refractivity contribution in [2.24, 2.45) is 0 Å². The summed E-state index contributed by atoms with van der Waals surface area (Å²) in [5, 5.41) is 2.97. The van der Waals surface area contributed by atoms with Crippen LogP contribution in [0.2, 0.25) is 0 Å². The molecule has 0 bridgehead atoms. The van der Waals surface area contributed by atoms with Crippen molar-refractivity contribution in [3.05, 3.63) is 95.0 Å². The summed E-state index contributed by atoms with van der Waals surface area (Å²) in [6.07, 6.45) is 6.39. The number of aldehydes is 1. The molecule has 0 spiro atoms. The Kier molecular flexibility index (Phi) is 7.24. The van der Waals surface area contributed by atoms with Crippen LogP contribution in [0, 0.1) is 6.92 Å². The Balaban J connectivity index is 0.000000216. The highest BCUT2D eigenvalue weighted by Crippen LogP contribution is 2.23. The summed E-state index contributed by atoms with van der Waals surface area (Å²) in [5.74, 6) is -0.291. The molecule has 0 N–H and O–H groups in total. The third-order valence-corrected chi connectivity index (χ3v) is 5.12. The fourth-order valence-electron chi connectivity index (χ4n) is 2.78. The summed E-state index contributed by atoms with van der Waals surface area (Å²) in [5.41, 5.74) is 4.31. The number of carbonyl (C=O) groups is 2. The minimum Gasteiger partial charge on any atom is -0.465 e. The van der Waals surface area contributed by atoms with E-state index in [2.05, 4.69) is 14.7 Å². The maximum Gasteiger partial charge on any atom is 0.337 e. The van der Waals surface area contributed by atoms with Gasteiger partial charge in [-0.15, -0.1) is 11.3 Å². The Labute approximate surface area is 178 Å². The molecule has 4 aromatic rings. The molecule has 0 amide bonds. The van der Waals surface area contributed by atoms with E-state index in [9.17, 15) is 9.59 Å². The molecule has 6 nitrogen and oxygen atoms in total. The number of rotatable bonds is 5. The van der Waals surface area contributed by atoms with Crippen LogP contribution < -0.4 is 0 Å². The topological polar surface area (TPSA) is 74.1 Å². The number of benzene rings is 1. The zero-order chi connectivity index (χ0) is 21.3. The Bertz CT molecular complexity index is 1110. The number of hydrogen-bond acceptors (Lipinski definition) is 6. The van der Waals surface area contributed by atoms with Gasteiger partial charge in [-0.05, 0) is 42.8 Å². The van der Waals surface area contributed by atoms with E-state index in [0.717, 1.165) is 28.1 Å². The minimum atomic E-state index is -0.291. The highest BCUT2D eigenvalue weighted by molar-refractivity contribution is 7.13. The average molecular weight is 420 g/mol. The van der Waals surface area contributed by atoms with Gasteiger partial charge in [0.1, 0.15) is 5.01 Å². The zero-order valence-electron chi connectivity index (χ0n) is 16.7. The molecule has 3 aromatic heterocycles. The van der Waals surface area contributed by atoms with Gasteiger partial charge in [-0.3, -0.25) is 9.78 Å². The van der Waals surface area contributed by atoms with E-state index in [1.807, 2.05) is 47.3 Å². The van der Waals surface area contributed by atoms with Crippen molar-refractivity contribution in [3.8, 4) is 10.6 Å². The third-order valence-electron chi connectivity index (χ3n) is 4.17. The lowest BCUT2D eigenvalue weighted by Crippen LogP contribution is -2.02. The fourth-order valence-corrected chi connectivity index (χ4v) is 3.58. The first-order chi connectivity index (χ1) is 14.6. The van der Waals surface area contributed by atoms with E-state index in [1.165, 1.54) is 7.11 Å². The minimum absolute atomic E-state index is 0.291. The van der Waals surface area contributed by atoms with Gasteiger partial charge in [-0.1, -0.05) is 18.2 Å². The summed E-state index contributed by atoms with van der Waals surface area (Å²) in [6, 6.07) is 14.6. The molecule has 0 aliphatic heterocycles. The van der Waals surface area contributed by atoms with Crippen molar-refractivity contribution < 1.29 is 14.3 Å². The van der Waals surface area contributed by atoms with Crippen LogP contribution in [0.5, 0.6) is 0 Å². The number of carbonyl (C=O) groups excluding carboxylic acids is 2. The summed E-state index contributed by atoms with van der Waals surface area (Å²) in [4.78, 5) is 30.5. The predicted octanol–water partition coefficient (Wildman–Crippen LogP) is 4.65. The van der Waals surface area contributed by atoms with E-state index in [0.29, 0.717) is 17.8 Å². The molecule has 30 heavy (non-hydrogen) atoms. The van der Waals surface area contributed by atoms with Crippen LogP contribution in [-0.2, 0) is 11.3 Å². The standard InChI is InChI=1S/C15H13N3OS.C8H8O2/c1-11-5-14(9-19)18(7-11)8-13-10-20-15(17-13)12-3-2-4-16-6-12;1-10-8(9)7-5-3-2-4-6-7/h2-7,9-10H,8H2,1H3;2-6H,1H3. The number of thiazole rings is 1. The third kappa shape index (κ3) is 5.48. The Morgan fingerprint density at radius 1 is 1.20 bits per heavy atom. The number of nitrogens with zero attached hydrogens (tertiary/aromatic N) is 3. The molecule has 0 atom stereocenters. The normalized spacial score (nSPS) is 10.1. The number of esters is 1. The predicted molar refractivity (Wildman–Crippen MR) is 117 cm³/mol. The van der Waals surface area contributed by atoms with E-state index in [1.54, 1.807) is 48.0 Å². The van der Waals surface area contributed by atoms with Gasteiger partial charge in [0.25, 0.3) is 0 Å². The molecular weight excluding hydrogens is 398 g/mol. The van der Waals surface area contributed by atoms with Gasteiger partial charge in [0.15, 0.2) is 6.29 Å². The number of ether oxygens (including phenoxy) is 1. The van der Waals surface area contributed by atoms with Crippen LogP contribution in [0.25, 0.3) is 10.6 Å². The molecule has 152 valence electrons. The Hall–Kier alpha value is -3.58. The van der Waals surface area contributed by atoms with Gasteiger partial charge in [0, 0.05) is 29.5 Å². The molecule has 0 aliphatic carbocycles. The lowest BCUT2D eigenvalue weighted by Gasteiger charge is -2.01. The van der Waals surface area contributed by atoms with Crippen molar-refractivity contribution in [1.29, 1.82) is 0 Å². The van der Waals surface area contributed by atoms with Gasteiger partial charge < -0.3 is 9.30 Å². The smallest absolute Gasteiger partial charge is 0.337 e. The highest BCUT2D eigenvalue weighted by atomic mass is 32.1. The Morgan fingerprint density at radius 3 is 2.67 bits per heavy atom. The van der Waals surface area contributed by atoms with E-state index in [4.69, 9.17) is 0 Å². The second-order valence-corrected chi connectivity index (χ2v) is 7.29. The molecule has 0 aliphatic rings. The first-order valence-corrected chi connectivity index (χ1v) is 10.1. The molecule has 0 saturated carbocycles. The SMILES string of the molecule is COC(=O)c1ccccc1.Cc1cc(C=O)n(Cc2csc(-c3cccnc3)n2)c1. The summed E-state index contributed by atoms with van der Waals surface area (Å²) >= 11 is 1.59. The average Bonchev–Trinajstić information content (AvgIpc) is 3.41. The zero-order valence-corrected chi connectivity index (χ0v) is 17.5. The van der Waals surface area contributed by atoms with E-state index >= 15 is 0 Å². The number of aromatic nitrogens is 3. The van der Waals surface area contributed by atoms with Gasteiger partial charge >= 0.3 is 5.97 Å². The van der Waals surface area contributed by atoms with Crippen molar-refractivity contribution in [3.63, 3.8) is 0 Å². The summed E-state index contributed by atoms with van der Waals surface area (Å²) in [7, 11) is 1.37. The van der Waals surface area contributed by atoms with Crippen molar-refractivity contribution in [2.45, 2.75) is 13.5 Å². The molecule has 1 aromatic carbocycles. The first-order valence-electron chi connectivity index (χ1n) is 9.21. The second-order valence-electron chi connectivity index (χ2n) is 6.43. The van der Waals surface area contributed by atoms with E-state index < -0.39 is 0 Å². The quantitative estimate of drug-likeness (QED) is 0.348. The van der Waals surface area contributed by atoms with Crippen LogP contribution >= 0.6 is 11.3 Å². The van der Waals surface area contributed by atoms with Gasteiger partial charge in [0.2, 0.25) is 0 Å². The maximum absolute atomic E-state index is 11.0. The van der Waals surface area contributed by atoms with Gasteiger partial charge in [-0.2, -0.15) is 0 Å². The number of hydrogen-bond donors (Lipinski definition) is 0.